The highest BCUT2D eigenvalue weighted by atomic mass is 16.5. The van der Waals surface area contributed by atoms with Crippen molar-refractivity contribution < 1.29 is 9.53 Å². The summed E-state index contributed by atoms with van der Waals surface area (Å²) in [6.45, 7) is 0.251. The van der Waals surface area contributed by atoms with Gasteiger partial charge in [0.05, 0.1) is 0 Å². The smallest absolute Gasteiger partial charge is 0.272 e. The predicted octanol–water partition coefficient (Wildman–Crippen LogP) is 2.24. The molecule has 2 N–H and O–H groups in total. The van der Waals surface area contributed by atoms with Crippen LogP contribution in [0.15, 0.2) is 47.4 Å². The van der Waals surface area contributed by atoms with Crippen LogP contribution in [0.4, 0.5) is 0 Å². The minimum absolute atomic E-state index is 0.0365. The standard InChI is InChI=1S/C18H18N2O3/c21-14-6-7-19-15(17(22)20-18-8-13(9-18)10-18)16(14)23-11-12-4-2-1-3-5-12/h1-7,13H,8-11H2,(H,19,21)(H,20,22). The number of carbonyl (C=O) groups is 1. The van der Waals surface area contributed by atoms with E-state index in [4.69, 9.17) is 4.74 Å². The molecule has 0 spiro atoms. The summed E-state index contributed by atoms with van der Waals surface area (Å²) in [5.41, 5.74) is 0.827. The molecule has 1 amide bonds. The third-order valence-corrected chi connectivity index (χ3v) is 4.78. The second kappa shape index (κ2) is 5.26. The van der Waals surface area contributed by atoms with Gasteiger partial charge in [-0.25, -0.2) is 0 Å². The lowest BCUT2D eigenvalue weighted by atomic mass is 9.50. The molecule has 2 aromatic rings. The quantitative estimate of drug-likeness (QED) is 0.889. The largest absolute Gasteiger partial charge is 0.483 e. The third kappa shape index (κ3) is 2.52. The predicted molar refractivity (Wildman–Crippen MR) is 85.4 cm³/mol. The molecule has 0 saturated heterocycles. The van der Waals surface area contributed by atoms with Crippen LogP contribution in [0.5, 0.6) is 5.75 Å². The van der Waals surface area contributed by atoms with Crippen molar-refractivity contribution in [2.75, 3.05) is 0 Å². The van der Waals surface area contributed by atoms with Gasteiger partial charge in [0.15, 0.2) is 11.4 Å². The van der Waals surface area contributed by atoms with E-state index in [1.807, 2.05) is 30.3 Å². The molecular formula is C18H18N2O3. The van der Waals surface area contributed by atoms with Crippen LogP contribution in [0.25, 0.3) is 0 Å². The minimum Gasteiger partial charge on any atom is -0.483 e. The van der Waals surface area contributed by atoms with Gasteiger partial charge in [-0.2, -0.15) is 0 Å². The fourth-order valence-electron chi connectivity index (χ4n) is 3.44. The first-order valence-corrected chi connectivity index (χ1v) is 7.86. The number of ether oxygens (including phenoxy) is 1. The average molecular weight is 310 g/mol. The fourth-order valence-corrected chi connectivity index (χ4v) is 3.44. The van der Waals surface area contributed by atoms with Crippen LogP contribution < -0.4 is 15.5 Å². The molecule has 3 fully saturated rings. The van der Waals surface area contributed by atoms with E-state index < -0.39 is 0 Å². The number of aromatic amines is 1. The summed E-state index contributed by atoms with van der Waals surface area (Å²) < 4.78 is 5.65. The van der Waals surface area contributed by atoms with Gasteiger partial charge in [-0.1, -0.05) is 30.3 Å². The molecule has 3 aliphatic carbocycles. The van der Waals surface area contributed by atoms with Gasteiger partial charge in [0, 0.05) is 17.8 Å². The number of hydrogen-bond acceptors (Lipinski definition) is 3. The van der Waals surface area contributed by atoms with Crippen LogP contribution in [0.1, 0.15) is 35.3 Å². The van der Waals surface area contributed by atoms with Gasteiger partial charge in [0.1, 0.15) is 6.61 Å². The Labute approximate surface area is 133 Å². The van der Waals surface area contributed by atoms with Crippen molar-refractivity contribution in [3.63, 3.8) is 0 Å². The van der Waals surface area contributed by atoms with Crippen LogP contribution in [-0.4, -0.2) is 16.4 Å². The first-order valence-electron chi connectivity index (χ1n) is 7.86. The van der Waals surface area contributed by atoms with E-state index in [2.05, 4.69) is 10.3 Å². The molecular weight excluding hydrogens is 292 g/mol. The van der Waals surface area contributed by atoms with Gasteiger partial charge in [-0.05, 0) is 30.7 Å². The van der Waals surface area contributed by atoms with Crippen molar-refractivity contribution in [3.8, 4) is 5.75 Å². The highest BCUT2D eigenvalue weighted by molar-refractivity contribution is 5.95. The van der Waals surface area contributed by atoms with Gasteiger partial charge in [-0.15, -0.1) is 0 Å². The molecule has 5 rings (SSSR count). The van der Waals surface area contributed by atoms with E-state index in [1.54, 1.807) is 0 Å². The molecule has 1 aromatic carbocycles. The molecule has 0 atom stereocenters. The number of hydrogen-bond donors (Lipinski definition) is 2. The van der Waals surface area contributed by atoms with Gasteiger partial charge in [-0.3, -0.25) is 9.59 Å². The Kier molecular flexibility index (Phi) is 3.22. The molecule has 23 heavy (non-hydrogen) atoms. The number of amides is 1. The Morgan fingerprint density at radius 2 is 1.96 bits per heavy atom. The topological polar surface area (TPSA) is 71.2 Å². The van der Waals surface area contributed by atoms with Crippen LogP contribution >= 0.6 is 0 Å². The molecule has 1 aromatic heterocycles. The Balaban J connectivity index is 1.53. The van der Waals surface area contributed by atoms with Crippen LogP contribution in [-0.2, 0) is 6.61 Å². The molecule has 2 bridgehead atoms. The molecule has 5 nitrogen and oxygen atoms in total. The molecule has 118 valence electrons. The Morgan fingerprint density at radius 3 is 2.61 bits per heavy atom. The lowest BCUT2D eigenvalue weighted by Gasteiger charge is -2.61. The van der Waals surface area contributed by atoms with E-state index in [0.29, 0.717) is 0 Å². The average Bonchev–Trinajstić information content (AvgIpc) is 2.49. The molecule has 0 radical (unpaired) electrons. The van der Waals surface area contributed by atoms with Gasteiger partial charge in [0.2, 0.25) is 5.43 Å². The van der Waals surface area contributed by atoms with Crippen molar-refractivity contribution in [1.29, 1.82) is 0 Å². The molecule has 0 unspecified atom stereocenters. The number of rotatable bonds is 5. The van der Waals surface area contributed by atoms with E-state index in [1.165, 1.54) is 12.3 Å². The van der Waals surface area contributed by atoms with E-state index in [9.17, 15) is 9.59 Å². The normalized spacial score (nSPS) is 24.3. The van der Waals surface area contributed by atoms with Crippen molar-refractivity contribution in [3.05, 3.63) is 64.1 Å². The summed E-state index contributed by atoms with van der Waals surface area (Å²) in [5, 5.41) is 3.05. The monoisotopic (exact) mass is 310 g/mol. The van der Waals surface area contributed by atoms with E-state index in [0.717, 1.165) is 30.7 Å². The number of carbonyl (C=O) groups excluding carboxylic acids is 1. The molecule has 0 aliphatic heterocycles. The zero-order valence-electron chi connectivity index (χ0n) is 12.7. The molecule has 3 saturated carbocycles. The maximum Gasteiger partial charge on any atom is 0.272 e. The Bertz CT molecular complexity index is 780. The van der Waals surface area contributed by atoms with Crippen LogP contribution in [0.3, 0.4) is 0 Å². The summed E-state index contributed by atoms with van der Waals surface area (Å²) in [6, 6.07) is 10.9. The number of benzene rings is 1. The van der Waals surface area contributed by atoms with E-state index >= 15 is 0 Å². The first kappa shape index (κ1) is 14.1. The summed E-state index contributed by atoms with van der Waals surface area (Å²) in [6.07, 6.45) is 4.64. The lowest BCUT2D eigenvalue weighted by Crippen LogP contribution is -2.68. The second-order valence-electron chi connectivity index (χ2n) is 6.53. The zero-order valence-corrected chi connectivity index (χ0v) is 12.7. The number of nitrogens with one attached hydrogen (secondary N) is 2. The summed E-state index contributed by atoms with van der Waals surface area (Å²) in [4.78, 5) is 27.5. The summed E-state index contributed by atoms with van der Waals surface area (Å²) in [7, 11) is 0. The number of H-pyrrole nitrogens is 1. The highest BCUT2D eigenvalue weighted by Crippen LogP contribution is 2.57. The maximum absolute atomic E-state index is 12.5. The lowest BCUT2D eigenvalue weighted by molar-refractivity contribution is -0.0440. The van der Waals surface area contributed by atoms with Crippen LogP contribution in [0.2, 0.25) is 0 Å². The number of aromatic nitrogens is 1. The Hall–Kier alpha value is -2.56. The summed E-state index contributed by atoms with van der Waals surface area (Å²) in [5.74, 6) is 0.600. The van der Waals surface area contributed by atoms with Crippen LogP contribution in [0, 0.1) is 5.92 Å². The third-order valence-electron chi connectivity index (χ3n) is 4.78. The van der Waals surface area contributed by atoms with Crippen molar-refractivity contribution >= 4 is 5.91 Å². The molecule has 5 heteroatoms. The zero-order chi connectivity index (χ0) is 15.9. The van der Waals surface area contributed by atoms with Crippen molar-refractivity contribution in [1.82, 2.24) is 10.3 Å². The fraction of sp³-hybridized carbons (Fsp3) is 0.333. The minimum atomic E-state index is -0.289. The highest BCUT2D eigenvalue weighted by Gasteiger charge is 2.57. The maximum atomic E-state index is 12.5. The Morgan fingerprint density at radius 1 is 1.22 bits per heavy atom. The van der Waals surface area contributed by atoms with Gasteiger partial charge >= 0.3 is 0 Å². The van der Waals surface area contributed by atoms with Gasteiger partial charge in [0.25, 0.3) is 5.91 Å². The molecule has 3 aliphatic rings. The molecule has 1 heterocycles. The second-order valence-corrected chi connectivity index (χ2v) is 6.53. The van der Waals surface area contributed by atoms with Crippen molar-refractivity contribution in [2.24, 2.45) is 5.92 Å². The van der Waals surface area contributed by atoms with E-state index in [-0.39, 0.29) is 34.9 Å². The summed E-state index contributed by atoms with van der Waals surface area (Å²) >= 11 is 0. The SMILES string of the molecule is O=C(NC12CC(C1)C2)c1[nH]ccc(=O)c1OCc1ccccc1. The van der Waals surface area contributed by atoms with Crippen molar-refractivity contribution in [2.45, 2.75) is 31.4 Å². The number of pyridine rings is 1. The first-order chi connectivity index (χ1) is 11.2. The van der Waals surface area contributed by atoms with Gasteiger partial charge < -0.3 is 15.0 Å².